The highest BCUT2D eigenvalue weighted by Crippen LogP contribution is 2.32. The summed E-state index contributed by atoms with van der Waals surface area (Å²) in [6.07, 6.45) is 2.28. The van der Waals surface area contributed by atoms with Crippen LogP contribution in [0.3, 0.4) is 0 Å². The van der Waals surface area contributed by atoms with Crippen LogP contribution in [0.1, 0.15) is 29.7 Å². The standard InChI is InChI=1S/C23H24ClFN2O4/c1-14-6-7-16(11-15(14)2)30-9-10-31-21-13-20(18(25)12-17(21)24)27-22(28)19-5-3-4-8-26(19)23(27)29/h6-7,11-13,28H,3-5,8-10H2,1-2H3. The fourth-order valence-corrected chi connectivity index (χ4v) is 3.95. The molecule has 0 aliphatic carbocycles. The normalized spacial score (nSPS) is 13.2. The summed E-state index contributed by atoms with van der Waals surface area (Å²) in [4.78, 5) is 12.8. The van der Waals surface area contributed by atoms with Crippen molar-refractivity contribution in [2.75, 3.05) is 13.2 Å². The van der Waals surface area contributed by atoms with Crippen LogP contribution >= 0.6 is 11.6 Å². The van der Waals surface area contributed by atoms with Gasteiger partial charge in [-0.3, -0.25) is 4.57 Å². The monoisotopic (exact) mass is 446 g/mol. The Morgan fingerprint density at radius 1 is 1.10 bits per heavy atom. The van der Waals surface area contributed by atoms with Gasteiger partial charge in [0, 0.05) is 12.6 Å². The fourth-order valence-electron chi connectivity index (χ4n) is 3.75. The highest BCUT2D eigenvalue weighted by Gasteiger charge is 2.25. The summed E-state index contributed by atoms with van der Waals surface area (Å²) < 4.78 is 28.5. The summed E-state index contributed by atoms with van der Waals surface area (Å²) in [7, 11) is 0. The summed E-state index contributed by atoms with van der Waals surface area (Å²) in [6.45, 7) is 4.97. The van der Waals surface area contributed by atoms with Crippen molar-refractivity contribution in [2.45, 2.75) is 39.7 Å². The maximum Gasteiger partial charge on any atom is 0.336 e. The minimum atomic E-state index is -0.718. The van der Waals surface area contributed by atoms with Gasteiger partial charge >= 0.3 is 5.69 Å². The molecule has 31 heavy (non-hydrogen) atoms. The first-order valence-electron chi connectivity index (χ1n) is 10.2. The lowest BCUT2D eigenvalue weighted by Crippen LogP contribution is -2.26. The van der Waals surface area contributed by atoms with Crippen molar-refractivity contribution >= 4 is 11.6 Å². The highest BCUT2D eigenvalue weighted by molar-refractivity contribution is 6.32. The third-order valence-corrected chi connectivity index (χ3v) is 5.89. The molecule has 0 atom stereocenters. The van der Waals surface area contributed by atoms with Gasteiger partial charge < -0.3 is 14.6 Å². The molecule has 0 spiro atoms. The van der Waals surface area contributed by atoms with Crippen LogP contribution in [0.5, 0.6) is 17.4 Å². The SMILES string of the molecule is Cc1ccc(OCCOc2cc(-n3c(O)c4n(c3=O)CCCC4)c(F)cc2Cl)cc1C. The first-order chi connectivity index (χ1) is 14.9. The minimum absolute atomic E-state index is 0.0731. The zero-order valence-corrected chi connectivity index (χ0v) is 18.2. The second-order valence-corrected chi connectivity index (χ2v) is 8.08. The maximum absolute atomic E-state index is 14.7. The van der Waals surface area contributed by atoms with Crippen LogP contribution in [0.4, 0.5) is 4.39 Å². The Morgan fingerprint density at radius 3 is 2.61 bits per heavy atom. The van der Waals surface area contributed by atoms with Gasteiger partial charge in [-0.25, -0.2) is 13.8 Å². The van der Waals surface area contributed by atoms with E-state index in [9.17, 15) is 14.3 Å². The number of benzene rings is 2. The summed E-state index contributed by atoms with van der Waals surface area (Å²) >= 11 is 6.14. The number of halogens is 2. The molecular weight excluding hydrogens is 423 g/mol. The molecule has 0 saturated carbocycles. The number of ether oxygens (including phenoxy) is 2. The smallest absolute Gasteiger partial charge is 0.336 e. The van der Waals surface area contributed by atoms with Gasteiger partial charge in [-0.15, -0.1) is 0 Å². The van der Waals surface area contributed by atoms with Crippen LogP contribution in [0.25, 0.3) is 5.69 Å². The van der Waals surface area contributed by atoms with Crippen LogP contribution in [0.2, 0.25) is 5.02 Å². The third-order valence-electron chi connectivity index (χ3n) is 5.59. The first-order valence-corrected chi connectivity index (χ1v) is 10.6. The number of aromatic hydroxyl groups is 1. The topological polar surface area (TPSA) is 65.6 Å². The van der Waals surface area contributed by atoms with E-state index in [1.807, 2.05) is 32.0 Å². The molecule has 164 valence electrons. The molecule has 2 heterocycles. The molecule has 2 aromatic carbocycles. The van der Waals surface area contributed by atoms with Crippen molar-refractivity contribution < 1.29 is 19.0 Å². The lowest BCUT2D eigenvalue weighted by molar-refractivity contribution is 0.217. The molecule has 0 amide bonds. The first kappa shape index (κ1) is 21.3. The molecule has 0 fully saturated rings. The van der Waals surface area contributed by atoms with Crippen molar-refractivity contribution in [3.63, 3.8) is 0 Å². The Morgan fingerprint density at radius 2 is 1.87 bits per heavy atom. The van der Waals surface area contributed by atoms with E-state index in [1.54, 1.807) is 0 Å². The summed E-state index contributed by atoms with van der Waals surface area (Å²) in [5, 5.41) is 10.6. The molecular formula is C23H24ClFN2O4. The van der Waals surface area contributed by atoms with Crippen LogP contribution in [0.15, 0.2) is 35.1 Å². The predicted octanol–water partition coefficient (Wildman–Crippen LogP) is 4.55. The van der Waals surface area contributed by atoms with E-state index in [-0.39, 0.29) is 35.6 Å². The van der Waals surface area contributed by atoms with Crippen LogP contribution < -0.4 is 15.2 Å². The molecule has 4 rings (SSSR count). The molecule has 0 saturated heterocycles. The molecule has 1 aliphatic rings. The number of hydrogen-bond donors (Lipinski definition) is 1. The number of rotatable bonds is 6. The summed E-state index contributed by atoms with van der Waals surface area (Å²) in [6, 6.07) is 8.23. The zero-order valence-electron chi connectivity index (χ0n) is 17.5. The number of nitrogens with zero attached hydrogens (tertiary/aromatic N) is 2. The van der Waals surface area contributed by atoms with E-state index in [2.05, 4.69) is 0 Å². The Kier molecular flexibility index (Phi) is 5.96. The number of hydrogen-bond acceptors (Lipinski definition) is 4. The van der Waals surface area contributed by atoms with Crippen molar-refractivity contribution in [3.8, 4) is 23.1 Å². The number of aryl methyl sites for hydroxylation is 2. The van der Waals surface area contributed by atoms with Gasteiger partial charge in [0.1, 0.15) is 30.5 Å². The van der Waals surface area contributed by atoms with E-state index in [0.29, 0.717) is 18.7 Å². The molecule has 0 radical (unpaired) electrons. The van der Waals surface area contributed by atoms with Gasteiger partial charge in [0.05, 0.1) is 16.4 Å². The molecule has 1 aromatic heterocycles. The van der Waals surface area contributed by atoms with Gasteiger partial charge in [-0.05, 0) is 62.4 Å². The Balaban J connectivity index is 1.53. The number of fused-ring (bicyclic) bond motifs is 1. The van der Waals surface area contributed by atoms with Crippen molar-refractivity contribution in [1.82, 2.24) is 9.13 Å². The number of aromatic nitrogens is 2. The van der Waals surface area contributed by atoms with Crippen LogP contribution in [-0.4, -0.2) is 27.5 Å². The number of imidazole rings is 1. The van der Waals surface area contributed by atoms with Gasteiger partial charge in [0.25, 0.3) is 0 Å². The van der Waals surface area contributed by atoms with E-state index in [0.717, 1.165) is 34.8 Å². The maximum atomic E-state index is 14.7. The molecule has 0 unspecified atom stereocenters. The average Bonchev–Trinajstić information content (AvgIpc) is 3.00. The van der Waals surface area contributed by atoms with E-state index >= 15 is 0 Å². The average molecular weight is 447 g/mol. The molecule has 8 heteroatoms. The molecule has 3 aromatic rings. The van der Waals surface area contributed by atoms with E-state index < -0.39 is 11.5 Å². The van der Waals surface area contributed by atoms with Crippen molar-refractivity contribution in [3.05, 3.63) is 68.5 Å². The van der Waals surface area contributed by atoms with E-state index in [4.69, 9.17) is 21.1 Å². The highest BCUT2D eigenvalue weighted by atomic mass is 35.5. The van der Waals surface area contributed by atoms with Crippen molar-refractivity contribution in [2.24, 2.45) is 0 Å². The molecule has 0 bridgehead atoms. The minimum Gasteiger partial charge on any atom is -0.493 e. The fraction of sp³-hybridized carbons (Fsp3) is 0.348. The molecule has 1 N–H and O–H groups in total. The van der Waals surface area contributed by atoms with Gasteiger partial charge in [0.15, 0.2) is 0 Å². The van der Waals surface area contributed by atoms with Gasteiger partial charge in [0.2, 0.25) is 5.88 Å². The summed E-state index contributed by atoms with van der Waals surface area (Å²) in [5.41, 5.74) is 2.26. The van der Waals surface area contributed by atoms with Crippen LogP contribution in [0, 0.1) is 19.7 Å². The van der Waals surface area contributed by atoms with E-state index in [1.165, 1.54) is 16.2 Å². The summed E-state index contributed by atoms with van der Waals surface area (Å²) in [5.74, 6) is -0.0234. The Bertz CT molecular complexity index is 1190. The lowest BCUT2D eigenvalue weighted by atomic mass is 10.1. The zero-order chi connectivity index (χ0) is 22.1. The van der Waals surface area contributed by atoms with Gasteiger partial charge in [-0.2, -0.15) is 0 Å². The van der Waals surface area contributed by atoms with Crippen molar-refractivity contribution in [1.29, 1.82) is 0 Å². The molecule has 1 aliphatic heterocycles. The third kappa shape index (κ3) is 4.14. The largest absolute Gasteiger partial charge is 0.493 e. The Hall–Kier alpha value is -2.93. The van der Waals surface area contributed by atoms with Crippen LogP contribution in [-0.2, 0) is 13.0 Å². The second kappa shape index (κ2) is 8.67. The van der Waals surface area contributed by atoms with Gasteiger partial charge in [-0.1, -0.05) is 17.7 Å². The Labute approximate surface area is 184 Å². The molecule has 6 nitrogen and oxygen atoms in total. The quantitative estimate of drug-likeness (QED) is 0.564. The second-order valence-electron chi connectivity index (χ2n) is 7.67. The predicted molar refractivity (Wildman–Crippen MR) is 117 cm³/mol. The lowest BCUT2D eigenvalue weighted by Gasteiger charge is -2.13.